The quantitative estimate of drug-likeness (QED) is 0.841. The molecule has 0 radical (unpaired) electrons. The van der Waals surface area contributed by atoms with Gasteiger partial charge in [-0.25, -0.2) is 14.4 Å². The molecule has 0 spiro atoms. The summed E-state index contributed by atoms with van der Waals surface area (Å²) in [6.07, 6.45) is 1.84. The molecule has 4 rings (SSSR count). The van der Waals surface area contributed by atoms with Crippen LogP contribution in [0.25, 0.3) is 0 Å². The summed E-state index contributed by atoms with van der Waals surface area (Å²) >= 11 is 0. The van der Waals surface area contributed by atoms with E-state index in [0.717, 1.165) is 32.0 Å². The lowest BCUT2D eigenvalue weighted by Crippen LogP contribution is -2.47. The molecular formula is C19H23FN4O2. The van der Waals surface area contributed by atoms with Gasteiger partial charge in [0.05, 0.1) is 11.7 Å². The summed E-state index contributed by atoms with van der Waals surface area (Å²) < 4.78 is 25.4. The minimum Gasteiger partial charge on any atom is -0.484 e. The van der Waals surface area contributed by atoms with Crippen LogP contribution >= 0.6 is 0 Å². The van der Waals surface area contributed by atoms with Crippen molar-refractivity contribution < 1.29 is 13.9 Å². The molecule has 1 atom stereocenters. The molecule has 0 N–H and O–H groups in total. The first-order valence-electron chi connectivity index (χ1n) is 8.99. The minimum absolute atomic E-state index is 0.126. The topological polar surface area (TPSA) is 50.7 Å². The van der Waals surface area contributed by atoms with Crippen molar-refractivity contribution in [3.63, 3.8) is 0 Å². The van der Waals surface area contributed by atoms with Crippen molar-refractivity contribution in [2.75, 3.05) is 44.3 Å². The van der Waals surface area contributed by atoms with Crippen molar-refractivity contribution in [3.8, 4) is 11.6 Å². The first-order valence-corrected chi connectivity index (χ1v) is 8.99. The van der Waals surface area contributed by atoms with Crippen molar-refractivity contribution in [1.82, 2.24) is 14.9 Å². The zero-order chi connectivity index (χ0) is 18.1. The third-order valence-electron chi connectivity index (χ3n) is 5.00. The van der Waals surface area contributed by atoms with Gasteiger partial charge in [-0.15, -0.1) is 0 Å². The van der Waals surface area contributed by atoms with Crippen LogP contribution in [-0.2, 0) is 0 Å². The highest BCUT2D eigenvalue weighted by molar-refractivity contribution is 5.41. The zero-order valence-electron chi connectivity index (χ0n) is 15.1. The molecule has 26 heavy (non-hydrogen) atoms. The Kier molecular flexibility index (Phi) is 4.63. The maximum Gasteiger partial charge on any atom is 0.257 e. The largest absolute Gasteiger partial charge is 0.484 e. The second-order valence-electron chi connectivity index (χ2n) is 6.75. The second kappa shape index (κ2) is 7.07. The number of nitrogens with zero attached hydrogens (tertiary/aromatic N) is 4. The zero-order valence-corrected chi connectivity index (χ0v) is 15.1. The van der Waals surface area contributed by atoms with Gasteiger partial charge in [0.1, 0.15) is 24.8 Å². The predicted molar refractivity (Wildman–Crippen MR) is 96.4 cm³/mol. The standard InChI is InChI=1S/C19H23FN4O2/c1-13-3-4-21-17(11-13)24-7-5-23(6-8-24)14(2)18-15(20)12-16-19(22-18)26-10-9-25-16/h3-4,11-12,14H,5-10H2,1-2H3. The fourth-order valence-electron chi connectivity index (χ4n) is 3.46. The molecular weight excluding hydrogens is 335 g/mol. The number of anilines is 1. The van der Waals surface area contributed by atoms with Gasteiger partial charge >= 0.3 is 0 Å². The number of aromatic nitrogens is 2. The van der Waals surface area contributed by atoms with Crippen LogP contribution in [0.15, 0.2) is 24.4 Å². The number of halogens is 1. The van der Waals surface area contributed by atoms with E-state index >= 15 is 0 Å². The first-order chi connectivity index (χ1) is 12.6. The summed E-state index contributed by atoms with van der Waals surface area (Å²) in [5.41, 5.74) is 1.62. The highest BCUT2D eigenvalue weighted by atomic mass is 19.1. The number of hydrogen-bond donors (Lipinski definition) is 0. The average molecular weight is 358 g/mol. The van der Waals surface area contributed by atoms with Gasteiger partial charge in [0.15, 0.2) is 5.75 Å². The molecule has 6 nitrogen and oxygen atoms in total. The third-order valence-corrected chi connectivity index (χ3v) is 5.00. The molecule has 138 valence electrons. The fraction of sp³-hybridized carbons (Fsp3) is 0.474. The van der Waals surface area contributed by atoms with Crippen LogP contribution in [0.3, 0.4) is 0 Å². The first kappa shape index (κ1) is 17.0. The van der Waals surface area contributed by atoms with Crippen molar-refractivity contribution in [3.05, 3.63) is 41.5 Å². The molecule has 4 heterocycles. The summed E-state index contributed by atoms with van der Waals surface area (Å²) in [7, 11) is 0. The molecule has 0 aromatic carbocycles. The molecule has 2 aliphatic heterocycles. The summed E-state index contributed by atoms with van der Waals surface area (Å²) in [5.74, 6) is 1.44. The summed E-state index contributed by atoms with van der Waals surface area (Å²) in [6.45, 7) is 8.29. The average Bonchev–Trinajstić information content (AvgIpc) is 2.67. The number of ether oxygens (including phenoxy) is 2. The maximum absolute atomic E-state index is 14.5. The maximum atomic E-state index is 14.5. The van der Waals surface area contributed by atoms with Crippen molar-refractivity contribution in [2.45, 2.75) is 19.9 Å². The van der Waals surface area contributed by atoms with E-state index in [1.54, 1.807) is 0 Å². The Labute approximate surface area is 152 Å². The number of hydrogen-bond acceptors (Lipinski definition) is 6. The van der Waals surface area contributed by atoms with Gasteiger partial charge in [-0.1, -0.05) is 0 Å². The third kappa shape index (κ3) is 3.31. The van der Waals surface area contributed by atoms with Crippen LogP contribution in [0.1, 0.15) is 24.2 Å². The van der Waals surface area contributed by atoms with Gasteiger partial charge < -0.3 is 14.4 Å². The van der Waals surface area contributed by atoms with Gasteiger partial charge in [0.25, 0.3) is 5.88 Å². The highest BCUT2D eigenvalue weighted by Gasteiger charge is 2.27. The number of rotatable bonds is 3. The van der Waals surface area contributed by atoms with E-state index in [-0.39, 0.29) is 11.9 Å². The Morgan fingerprint density at radius 2 is 1.88 bits per heavy atom. The fourth-order valence-corrected chi connectivity index (χ4v) is 3.46. The van der Waals surface area contributed by atoms with E-state index in [2.05, 4.69) is 32.8 Å². The smallest absolute Gasteiger partial charge is 0.257 e. The molecule has 0 aliphatic carbocycles. The lowest BCUT2D eigenvalue weighted by atomic mass is 10.1. The van der Waals surface area contributed by atoms with Crippen LogP contribution < -0.4 is 14.4 Å². The van der Waals surface area contributed by atoms with E-state index in [1.165, 1.54) is 11.6 Å². The Hall–Kier alpha value is -2.41. The van der Waals surface area contributed by atoms with E-state index in [1.807, 2.05) is 19.2 Å². The lowest BCUT2D eigenvalue weighted by molar-refractivity contribution is 0.157. The summed E-state index contributed by atoms with van der Waals surface area (Å²) in [6, 6.07) is 5.36. The van der Waals surface area contributed by atoms with Crippen molar-refractivity contribution in [2.24, 2.45) is 0 Å². The summed E-state index contributed by atoms with van der Waals surface area (Å²) in [5, 5.41) is 0. The van der Waals surface area contributed by atoms with Crippen molar-refractivity contribution in [1.29, 1.82) is 0 Å². The molecule has 2 aromatic rings. The van der Waals surface area contributed by atoms with Gasteiger partial charge in [0.2, 0.25) is 0 Å². The van der Waals surface area contributed by atoms with Gasteiger partial charge in [-0.2, -0.15) is 0 Å². The van der Waals surface area contributed by atoms with Crippen LogP contribution in [0.4, 0.5) is 10.2 Å². The van der Waals surface area contributed by atoms with Crippen LogP contribution in [-0.4, -0.2) is 54.3 Å². The highest BCUT2D eigenvalue weighted by Crippen LogP contribution is 2.33. The van der Waals surface area contributed by atoms with E-state index < -0.39 is 0 Å². The Morgan fingerprint density at radius 3 is 2.65 bits per heavy atom. The normalized spacial score (nSPS) is 18.7. The molecule has 0 saturated carbocycles. The van der Waals surface area contributed by atoms with Gasteiger partial charge in [-0.05, 0) is 31.5 Å². The van der Waals surface area contributed by atoms with E-state index in [0.29, 0.717) is 30.5 Å². The molecule has 2 aromatic heterocycles. The molecule has 2 aliphatic rings. The molecule has 0 bridgehead atoms. The molecule has 7 heteroatoms. The van der Waals surface area contributed by atoms with E-state index in [4.69, 9.17) is 9.47 Å². The van der Waals surface area contributed by atoms with Crippen LogP contribution in [0.5, 0.6) is 11.6 Å². The molecule has 1 saturated heterocycles. The second-order valence-corrected chi connectivity index (χ2v) is 6.75. The number of aryl methyl sites for hydroxylation is 1. The van der Waals surface area contributed by atoms with Gasteiger partial charge in [-0.3, -0.25) is 4.90 Å². The predicted octanol–water partition coefficient (Wildman–Crippen LogP) is 2.58. The Balaban J connectivity index is 1.46. The number of piperazine rings is 1. The van der Waals surface area contributed by atoms with Crippen LogP contribution in [0, 0.1) is 12.7 Å². The van der Waals surface area contributed by atoms with Crippen LogP contribution in [0.2, 0.25) is 0 Å². The lowest BCUT2D eigenvalue weighted by Gasteiger charge is -2.38. The summed E-state index contributed by atoms with van der Waals surface area (Å²) in [4.78, 5) is 13.4. The molecule has 1 fully saturated rings. The molecule has 0 amide bonds. The monoisotopic (exact) mass is 358 g/mol. The van der Waals surface area contributed by atoms with Gasteiger partial charge in [0, 0.05) is 38.4 Å². The Bertz CT molecular complexity index is 793. The van der Waals surface area contributed by atoms with E-state index in [9.17, 15) is 4.39 Å². The number of fused-ring (bicyclic) bond motifs is 1. The number of pyridine rings is 2. The minimum atomic E-state index is -0.343. The van der Waals surface area contributed by atoms with Crippen molar-refractivity contribution >= 4 is 5.82 Å². The molecule has 1 unspecified atom stereocenters. The Morgan fingerprint density at radius 1 is 1.12 bits per heavy atom. The SMILES string of the molecule is Cc1ccnc(N2CCN(C(C)c3nc4c(cc3F)OCCO4)CC2)c1.